The van der Waals surface area contributed by atoms with E-state index >= 15 is 0 Å². The monoisotopic (exact) mass is 647 g/mol. The van der Waals surface area contributed by atoms with Crippen LogP contribution in [0.15, 0.2) is 72.8 Å². The zero-order valence-corrected chi connectivity index (χ0v) is 26.6. The summed E-state index contributed by atoms with van der Waals surface area (Å²) in [5, 5.41) is 13.0. The first-order valence-electron chi connectivity index (χ1n) is 15.7. The van der Waals surface area contributed by atoms with E-state index in [2.05, 4.69) is 5.32 Å². The Morgan fingerprint density at radius 1 is 1.04 bits per heavy atom. The molecule has 0 aliphatic carbocycles. The lowest BCUT2D eigenvalue weighted by Gasteiger charge is -2.36. The number of nitrogens with zero attached hydrogens (tertiary/aromatic N) is 2. The molecule has 5 bridgehead atoms. The average molecular weight is 648 g/mol. The number of likely N-dealkylation sites (tertiary alicyclic amines) is 1. The molecule has 0 unspecified atom stereocenters. The van der Waals surface area contributed by atoms with Crippen LogP contribution in [0.4, 0.5) is 5.69 Å². The topological polar surface area (TPSA) is 125 Å². The molecule has 2 saturated heterocycles. The Labute approximate surface area is 273 Å². The molecule has 242 valence electrons. The summed E-state index contributed by atoms with van der Waals surface area (Å²) in [6.07, 6.45) is 6.33. The summed E-state index contributed by atoms with van der Waals surface area (Å²) in [7, 11) is 0. The van der Waals surface area contributed by atoms with Crippen LogP contribution < -0.4 is 10.2 Å². The molecule has 3 amide bonds. The number of benzene rings is 2. The van der Waals surface area contributed by atoms with Crippen molar-refractivity contribution in [2.75, 3.05) is 24.6 Å². The largest absolute Gasteiger partial charge is 0.455 e. The Kier molecular flexibility index (Phi) is 9.05. The van der Waals surface area contributed by atoms with Crippen LogP contribution in [0.25, 0.3) is 0 Å². The Morgan fingerprint density at radius 3 is 2.57 bits per heavy atom. The molecule has 0 radical (unpaired) electrons. The number of carbonyl (C=O) groups excluding carboxylic acids is 4. The molecular weight excluding hydrogens is 610 g/mol. The van der Waals surface area contributed by atoms with Gasteiger partial charge in [0.2, 0.25) is 11.8 Å². The van der Waals surface area contributed by atoms with Gasteiger partial charge in [-0.05, 0) is 43.9 Å². The van der Waals surface area contributed by atoms with Gasteiger partial charge < -0.3 is 29.7 Å². The van der Waals surface area contributed by atoms with Crippen molar-refractivity contribution in [2.24, 2.45) is 11.8 Å². The number of allylic oxidation sites excluding steroid dienone is 1. The van der Waals surface area contributed by atoms with Crippen molar-refractivity contribution < 1.29 is 33.8 Å². The zero-order chi connectivity index (χ0) is 32.6. The third-order valence-electron chi connectivity index (χ3n) is 9.37. The molecule has 2 fully saturated rings. The van der Waals surface area contributed by atoms with Crippen LogP contribution in [0.2, 0.25) is 5.02 Å². The number of aryl methyl sites for hydroxylation is 1. The molecule has 4 aliphatic rings. The molecule has 2 aromatic rings. The number of hydrogen-bond acceptors (Lipinski definition) is 7. The number of cyclic esters (lactones) is 1. The molecule has 0 aromatic heterocycles. The van der Waals surface area contributed by atoms with Gasteiger partial charge in [0.1, 0.15) is 23.7 Å². The minimum Gasteiger partial charge on any atom is -0.455 e. The molecule has 4 heterocycles. The minimum atomic E-state index is -1.43. The highest BCUT2D eigenvalue weighted by Crippen LogP contribution is 2.56. The van der Waals surface area contributed by atoms with Gasteiger partial charge in [-0.25, -0.2) is 0 Å². The van der Waals surface area contributed by atoms with Gasteiger partial charge in [0, 0.05) is 26.1 Å². The van der Waals surface area contributed by atoms with E-state index in [0.29, 0.717) is 22.7 Å². The van der Waals surface area contributed by atoms with Crippen molar-refractivity contribution in [3.8, 4) is 0 Å². The average Bonchev–Trinajstić information content (AvgIpc) is 3.68. The van der Waals surface area contributed by atoms with Gasteiger partial charge in [0.15, 0.2) is 0 Å². The summed E-state index contributed by atoms with van der Waals surface area (Å²) >= 11 is 6.69. The van der Waals surface area contributed by atoms with Crippen molar-refractivity contribution in [3.05, 3.63) is 89.0 Å². The van der Waals surface area contributed by atoms with Gasteiger partial charge in [0.25, 0.3) is 5.91 Å². The number of carbonyl (C=O) groups is 4. The predicted octanol–water partition coefficient (Wildman–Crippen LogP) is 3.65. The minimum absolute atomic E-state index is 0.0918. The Bertz CT molecular complexity index is 1560. The fraction of sp³-hybridized carbons (Fsp3) is 0.429. The highest BCUT2D eigenvalue weighted by Gasteiger charge is 2.73. The third kappa shape index (κ3) is 5.52. The van der Waals surface area contributed by atoms with Crippen LogP contribution in [-0.4, -0.2) is 77.2 Å². The fourth-order valence-corrected chi connectivity index (χ4v) is 7.65. The van der Waals surface area contributed by atoms with E-state index in [-0.39, 0.29) is 38.4 Å². The molecule has 4 aliphatic heterocycles. The molecule has 10 nitrogen and oxygen atoms in total. The molecule has 7 atom stereocenters. The number of hydrogen-bond donors (Lipinski definition) is 2. The number of rotatable bonds is 5. The summed E-state index contributed by atoms with van der Waals surface area (Å²) in [5.74, 6) is -3.74. The Morgan fingerprint density at radius 2 is 1.83 bits per heavy atom. The number of anilines is 1. The number of aliphatic hydroxyl groups is 1. The molecule has 6 rings (SSSR count). The number of fused-ring (bicyclic) bond motifs is 2. The molecule has 2 aromatic carbocycles. The second kappa shape index (κ2) is 13.0. The lowest BCUT2D eigenvalue weighted by Crippen LogP contribution is -2.56. The molecule has 1 spiro atoms. The first-order valence-corrected chi connectivity index (χ1v) is 16.1. The lowest BCUT2D eigenvalue weighted by atomic mass is 9.74. The van der Waals surface area contributed by atoms with E-state index in [1.54, 1.807) is 31.2 Å². The SMILES string of the molecule is Cc1cccc(Cl)c1N1C/C=C\CCC(=O)N[C@@H](C)[C@H](c2ccccc2)OC(=O)[C@@H]2[C@H]3C(=O)N(CCCO)[C@H](C1=O)[C@]31C=C[C@H]2O1. The summed E-state index contributed by atoms with van der Waals surface area (Å²) < 4.78 is 12.7. The highest BCUT2D eigenvalue weighted by atomic mass is 35.5. The van der Waals surface area contributed by atoms with E-state index in [9.17, 15) is 24.3 Å². The van der Waals surface area contributed by atoms with Crippen LogP contribution >= 0.6 is 11.6 Å². The third-order valence-corrected chi connectivity index (χ3v) is 9.67. The summed E-state index contributed by atoms with van der Waals surface area (Å²) in [6, 6.07) is 12.8. The fourth-order valence-electron chi connectivity index (χ4n) is 7.32. The van der Waals surface area contributed by atoms with Crippen molar-refractivity contribution in [1.29, 1.82) is 0 Å². The quantitative estimate of drug-likeness (QED) is 0.375. The maximum absolute atomic E-state index is 14.8. The molecule has 46 heavy (non-hydrogen) atoms. The lowest BCUT2D eigenvalue weighted by molar-refractivity contribution is -0.161. The smallest absolute Gasteiger partial charge is 0.313 e. The molecule has 2 N–H and O–H groups in total. The van der Waals surface area contributed by atoms with E-state index in [1.807, 2.05) is 55.5 Å². The molecule has 0 saturated carbocycles. The summed E-state index contributed by atoms with van der Waals surface area (Å²) in [5.41, 5.74) is 0.521. The predicted molar refractivity (Wildman–Crippen MR) is 171 cm³/mol. The van der Waals surface area contributed by atoms with E-state index < -0.39 is 59.5 Å². The number of para-hydroxylation sites is 1. The number of nitrogens with one attached hydrogen (secondary N) is 1. The van der Waals surface area contributed by atoms with Crippen LogP contribution in [-0.2, 0) is 28.7 Å². The second-order valence-electron chi connectivity index (χ2n) is 12.3. The Hall–Kier alpha value is -3.99. The van der Waals surface area contributed by atoms with Gasteiger partial charge >= 0.3 is 5.97 Å². The van der Waals surface area contributed by atoms with Crippen molar-refractivity contribution >= 4 is 41.0 Å². The second-order valence-corrected chi connectivity index (χ2v) is 12.7. The first-order chi connectivity index (χ1) is 22.2. The zero-order valence-electron chi connectivity index (χ0n) is 25.8. The van der Waals surface area contributed by atoms with Crippen molar-refractivity contribution in [2.45, 2.75) is 63.0 Å². The van der Waals surface area contributed by atoms with Gasteiger partial charge in [-0.2, -0.15) is 0 Å². The van der Waals surface area contributed by atoms with Crippen LogP contribution in [0.3, 0.4) is 0 Å². The Balaban J connectivity index is 1.46. The standard InChI is InChI=1S/C35H38ClN3O7/c1-21-11-9-14-24(36)29(21)38-18-8-4-7-15-26(41)37-22(2)30(23-12-5-3-6-13-23)45-34(44)27-25-16-17-35(46-25)28(27)32(42)39(19-10-20-40)31(35)33(38)43/h3-6,8-9,11-14,16-17,22,25,27-28,30-31,40H,7,10,15,18-20H2,1-2H3,(H,37,41)/b8-4-/t22-,25+,27-,28-,30+,31+,35-/m0/s1. The van der Waals surface area contributed by atoms with Crippen LogP contribution in [0.1, 0.15) is 43.4 Å². The number of halogens is 1. The number of amides is 3. The number of esters is 1. The van der Waals surface area contributed by atoms with E-state index in [4.69, 9.17) is 21.1 Å². The maximum atomic E-state index is 14.8. The highest BCUT2D eigenvalue weighted by molar-refractivity contribution is 6.34. The van der Waals surface area contributed by atoms with Crippen molar-refractivity contribution in [1.82, 2.24) is 10.2 Å². The summed E-state index contributed by atoms with van der Waals surface area (Å²) in [6.45, 7) is 3.65. The number of ether oxygens (including phenoxy) is 2. The molecule has 11 heteroatoms. The normalized spacial score (nSPS) is 32.0. The van der Waals surface area contributed by atoms with Gasteiger partial charge in [0.05, 0.1) is 28.8 Å². The van der Waals surface area contributed by atoms with Crippen LogP contribution in [0, 0.1) is 18.8 Å². The van der Waals surface area contributed by atoms with Crippen LogP contribution in [0.5, 0.6) is 0 Å². The van der Waals surface area contributed by atoms with E-state index in [1.165, 1.54) is 9.80 Å². The maximum Gasteiger partial charge on any atom is 0.313 e. The number of aliphatic hydroxyl groups excluding tert-OH is 1. The van der Waals surface area contributed by atoms with Gasteiger partial charge in [-0.15, -0.1) is 0 Å². The van der Waals surface area contributed by atoms with E-state index in [0.717, 1.165) is 5.56 Å². The van der Waals surface area contributed by atoms with Crippen molar-refractivity contribution in [3.63, 3.8) is 0 Å². The first kappa shape index (κ1) is 32.0. The van der Waals surface area contributed by atoms with Gasteiger partial charge in [-0.3, -0.25) is 19.2 Å². The van der Waals surface area contributed by atoms with Gasteiger partial charge in [-0.1, -0.05) is 78.4 Å². The molecular formula is C35H38ClN3O7. The summed E-state index contributed by atoms with van der Waals surface area (Å²) in [4.78, 5) is 59.2.